The number of nitrogens with one attached hydrogen (secondary N) is 1. The number of amides is 2. The Kier molecular flexibility index (Phi) is 6.37. The van der Waals surface area contributed by atoms with Gasteiger partial charge >= 0.3 is 6.03 Å². The number of urea groups is 1. The van der Waals surface area contributed by atoms with Gasteiger partial charge < -0.3 is 14.8 Å². The van der Waals surface area contributed by atoms with Gasteiger partial charge in [-0.1, -0.05) is 43.5 Å². The molecular formula is C22H31N3O. The third kappa shape index (κ3) is 4.48. The van der Waals surface area contributed by atoms with Gasteiger partial charge in [-0.15, -0.1) is 0 Å². The SMILES string of the molecule is CCNC(=O)N(Cc1cccn1Cc1ccccc1C)C1CCCCC1. The van der Waals surface area contributed by atoms with E-state index in [0.29, 0.717) is 19.1 Å². The summed E-state index contributed by atoms with van der Waals surface area (Å²) in [6, 6.07) is 13.2. The molecule has 1 heterocycles. The van der Waals surface area contributed by atoms with Crippen LogP contribution in [0.2, 0.25) is 0 Å². The maximum absolute atomic E-state index is 12.7. The quantitative estimate of drug-likeness (QED) is 0.802. The van der Waals surface area contributed by atoms with Gasteiger partial charge in [0, 0.05) is 31.0 Å². The van der Waals surface area contributed by atoms with E-state index < -0.39 is 0 Å². The van der Waals surface area contributed by atoms with Crippen LogP contribution in [0.5, 0.6) is 0 Å². The molecule has 1 saturated carbocycles. The minimum atomic E-state index is 0.0723. The second-order valence-electron chi connectivity index (χ2n) is 7.31. The number of benzene rings is 1. The number of hydrogen-bond acceptors (Lipinski definition) is 1. The molecule has 0 spiro atoms. The summed E-state index contributed by atoms with van der Waals surface area (Å²) in [5.41, 5.74) is 3.83. The Balaban J connectivity index is 1.77. The van der Waals surface area contributed by atoms with Crippen molar-refractivity contribution >= 4 is 6.03 Å². The largest absolute Gasteiger partial charge is 0.345 e. The molecule has 0 atom stereocenters. The zero-order valence-corrected chi connectivity index (χ0v) is 16.1. The molecule has 2 amide bonds. The predicted octanol–water partition coefficient (Wildman–Crippen LogP) is 4.71. The molecule has 3 rings (SSSR count). The van der Waals surface area contributed by atoms with Crippen LogP contribution in [0.25, 0.3) is 0 Å². The Morgan fingerprint density at radius 3 is 2.65 bits per heavy atom. The van der Waals surface area contributed by atoms with E-state index >= 15 is 0 Å². The van der Waals surface area contributed by atoms with Gasteiger partial charge in [-0.05, 0) is 49.9 Å². The molecule has 140 valence electrons. The molecule has 4 nitrogen and oxygen atoms in total. The number of aryl methyl sites for hydroxylation is 1. The van der Waals surface area contributed by atoms with E-state index in [1.165, 1.54) is 36.1 Å². The molecule has 26 heavy (non-hydrogen) atoms. The Bertz CT molecular complexity index is 716. The van der Waals surface area contributed by atoms with Crippen LogP contribution in [0.1, 0.15) is 55.8 Å². The van der Waals surface area contributed by atoms with E-state index in [1.807, 2.05) is 6.92 Å². The summed E-state index contributed by atoms with van der Waals surface area (Å²) in [5, 5.41) is 3.01. The van der Waals surface area contributed by atoms with E-state index in [-0.39, 0.29) is 6.03 Å². The van der Waals surface area contributed by atoms with Gasteiger partial charge in [-0.25, -0.2) is 4.79 Å². The average Bonchev–Trinajstić information content (AvgIpc) is 3.09. The third-order valence-electron chi connectivity index (χ3n) is 5.46. The molecule has 1 aromatic heterocycles. The minimum Gasteiger partial charge on any atom is -0.345 e. The third-order valence-corrected chi connectivity index (χ3v) is 5.46. The molecule has 0 saturated heterocycles. The highest BCUT2D eigenvalue weighted by Crippen LogP contribution is 2.24. The summed E-state index contributed by atoms with van der Waals surface area (Å²) in [7, 11) is 0. The van der Waals surface area contributed by atoms with E-state index in [0.717, 1.165) is 19.4 Å². The van der Waals surface area contributed by atoms with Gasteiger partial charge in [0.25, 0.3) is 0 Å². The lowest BCUT2D eigenvalue weighted by molar-refractivity contribution is 0.149. The molecule has 2 aromatic rings. The predicted molar refractivity (Wildman–Crippen MR) is 106 cm³/mol. The van der Waals surface area contributed by atoms with Gasteiger partial charge in [-0.2, -0.15) is 0 Å². The van der Waals surface area contributed by atoms with Crippen LogP contribution >= 0.6 is 0 Å². The van der Waals surface area contributed by atoms with Crippen LogP contribution in [0, 0.1) is 6.92 Å². The zero-order valence-electron chi connectivity index (χ0n) is 16.1. The lowest BCUT2D eigenvalue weighted by Gasteiger charge is -2.34. The normalized spacial score (nSPS) is 15.0. The van der Waals surface area contributed by atoms with Crippen molar-refractivity contribution in [1.82, 2.24) is 14.8 Å². The highest BCUT2D eigenvalue weighted by atomic mass is 16.2. The van der Waals surface area contributed by atoms with Crippen molar-refractivity contribution in [2.24, 2.45) is 0 Å². The summed E-state index contributed by atoms with van der Waals surface area (Å²) < 4.78 is 2.28. The average molecular weight is 354 g/mol. The van der Waals surface area contributed by atoms with Crippen LogP contribution in [-0.4, -0.2) is 28.1 Å². The topological polar surface area (TPSA) is 37.3 Å². The first-order valence-corrected chi connectivity index (χ1v) is 9.92. The van der Waals surface area contributed by atoms with Gasteiger partial charge in [0.1, 0.15) is 0 Å². The molecule has 0 bridgehead atoms. The lowest BCUT2D eigenvalue weighted by Crippen LogP contribution is -2.46. The molecule has 1 aliphatic rings. The van der Waals surface area contributed by atoms with E-state index in [1.54, 1.807) is 0 Å². The molecule has 1 fully saturated rings. The molecule has 1 aromatic carbocycles. The highest BCUT2D eigenvalue weighted by molar-refractivity contribution is 5.74. The second kappa shape index (κ2) is 8.93. The van der Waals surface area contributed by atoms with Crippen molar-refractivity contribution in [3.05, 3.63) is 59.4 Å². The molecule has 0 unspecified atom stereocenters. The van der Waals surface area contributed by atoms with E-state index in [4.69, 9.17) is 0 Å². The summed E-state index contributed by atoms with van der Waals surface area (Å²) in [4.78, 5) is 14.8. The molecule has 4 heteroatoms. The summed E-state index contributed by atoms with van der Waals surface area (Å²) >= 11 is 0. The highest BCUT2D eigenvalue weighted by Gasteiger charge is 2.26. The Hall–Kier alpha value is -2.23. The Labute approximate surface area is 157 Å². The standard InChI is InChI=1S/C22H31N3O/c1-3-23-22(26)25(20-12-5-4-6-13-20)17-21-14-9-15-24(21)16-19-11-8-7-10-18(19)2/h7-11,14-15,20H,3-6,12-13,16-17H2,1-2H3,(H,23,26). The first kappa shape index (κ1) is 18.6. The van der Waals surface area contributed by atoms with Crippen molar-refractivity contribution in [2.75, 3.05) is 6.54 Å². The number of carbonyl (C=O) groups excluding carboxylic acids is 1. The zero-order chi connectivity index (χ0) is 18.4. The van der Waals surface area contributed by atoms with Gasteiger partial charge in [-0.3, -0.25) is 0 Å². The van der Waals surface area contributed by atoms with E-state index in [2.05, 4.69) is 64.3 Å². The Morgan fingerprint density at radius 2 is 1.92 bits per heavy atom. The minimum absolute atomic E-state index is 0.0723. The number of hydrogen-bond donors (Lipinski definition) is 1. The number of nitrogens with zero attached hydrogens (tertiary/aromatic N) is 2. The lowest BCUT2D eigenvalue weighted by atomic mass is 9.94. The molecule has 1 aliphatic carbocycles. The van der Waals surface area contributed by atoms with Crippen molar-refractivity contribution < 1.29 is 4.79 Å². The fraction of sp³-hybridized carbons (Fsp3) is 0.500. The fourth-order valence-corrected chi connectivity index (χ4v) is 3.91. The first-order valence-electron chi connectivity index (χ1n) is 9.92. The summed E-state index contributed by atoms with van der Waals surface area (Å²) in [6.45, 7) is 6.34. The number of rotatable bonds is 6. The maximum atomic E-state index is 12.7. The summed E-state index contributed by atoms with van der Waals surface area (Å²) in [5.74, 6) is 0. The van der Waals surface area contributed by atoms with Crippen LogP contribution in [0.15, 0.2) is 42.6 Å². The monoisotopic (exact) mass is 353 g/mol. The van der Waals surface area contributed by atoms with Gasteiger partial charge in [0.05, 0.1) is 6.54 Å². The molecule has 1 N–H and O–H groups in total. The molecular weight excluding hydrogens is 322 g/mol. The fourth-order valence-electron chi connectivity index (χ4n) is 3.91. The van der Waals surface area contributed by atoms with Crippen LogP contribution in [0.4, 0.5) is 4.79 Å². The smallest absolute Gasteiger partial charge is 0.317 e. The van der Waals surface area contributed by atoms with Crippen molar-refractivity contribution in [3.8, 4) is 0 Å². The van der Waals surface area contributed by atoms with Crippen molar-refractivity contribution in [2.45, 2.75) is 65.1 Å². The number of aromatic nitrogens is 1. The van der Waals surface area contributed by atoms with Crippen LogP contribution in [-0.2, 0) is 13.1 Å². The van der Waals surface area contributed by atoms with Gasteiger partial charge in [0.15, 0.2) is 0 Å². The molecule has 0 radical (unpaired) electrons. The number of carbonyl (C=O) groups is 1. The van der Waals surface area contributed by atoms with Crippen LogP contribution in [0.3, 0.4) is 0 Å². The van der Waals surface area contributed by atoms with Crippen molar-refractivity contribution in [1.29, 1.82) is 0 Å². The Morgan fingerprint density at radius 1 is 1.15 bits per heavy atom. The molecule has 0 aliphatic heterocycles. The van der Waals surface area contributed by atoms with Crippen LogP contribution < -0.4 is 5.32 Å². The maximum Gasteiger partial charge on any atom is 0.317 e. The summed E-state index contributed by atoms with van der Waals surface area (Å²) in [6.07, 6.45) is 8.11. The first-order chi connectivity index (χ1) is 12.7. The van der Waals surface area contributed by atoms with Gasteiger partial charge in [0.2, 0.25) is 0 Å². The van der Waals surface area contributed by atoms with Crippen molar-refractivity contribution in [3.63, 3.8) is 0 Å². The van der Waals surface area contributed by atoms with E-state index in [9.17, 15) is 4.79 Å². The second-order valence-corrected chi connectivity index (χ2v) is 7.31.